The Balaban J connectivity index is 2.16. The highest BCUT2D eigenvalue weighted by atomic mass is 32.2. The maximum Gasteiger partial charge on any atom is 0.221 e. The Kier molecular flexibility index (Phi) is 4.59. The smallest absolute Gasteiger partial charge is 0.221 e. The van der Waals surface area contributed by atoms with E-state index in [1.54, 1.807) is 11.8 Å². The molecular weight excluding hydrogens is 184 g/mol. The van der Waals surface area contributed by atoms with E-state index in [0.29, 0.717) is 17.7 Å². The van der Waals surface area contributed by atoms with E-state index in [1.807, 2.05) is 6.26 Å². The lowest BCUT2D eigenvalue weighted by Gasteiger charge is -2.13. The van der Waals surface area contributed by atoms with Gasteiger partial charge in [-0.3, -0.25) is 4.79 Å². The summed E-state index contributed by atoms with van der Waals surface area (Å²) < 4.78 is 0. The van der Waals surface area contributed by atoms with E-state index in [9.17, 15) is 4.79 Å². The van der Waals surface area contributed by atoms with Gasteiger partial charge in [-0.2, -0.15) is 11.8 Å². The van der Waals surface area contributed by atoms with Gasteiger partial charge in [0, 0.05) is 24.3 Å². The predicted molar refractivity (Wildman–Crippen MR) is 57.0 cm³/mol. The van der Waals surface area contributed by atoms with Gasteiger partial charge in [0.2, 0.25) is 5.91 Å². The lowest BCUT2D eigenvalue weighted by Crippen LogP contribution is -2.37. The number of amides is 1. The van der Waals surface area contributed by atoms with Crippen LogP contribution in [-0.4, -0.2) is 36.5 Å². The second-order valence-electron chi connectivity index (χ2n) is 3.51. The zero-order valence-electron chi connectivity index (χ0n) is 8.30. The lowest BCUT2D eigenvalue weighted by atomic mass is 10.2. The first kappa shape index (κ1) is 10.9. The van der Waals surface area contributed by atoms with Gasteiger partial charge in [-0.05, 0) is 19.2 Å². The van der Waals surface area contributed by atoms with E-state index in [0.717, 1.165) is 19.5 Å². The molecule has 0 bridgehead atoms. The third kappa shape index (κ3) is 4.00. The van der Waals surface area contributed by atoms with Crippen molar-refractivity contribution in [3.05, 3.63) is 0 Å². The van der Waals surface area contributed by atoms with Gasteiger partial charge < -0.3 is 10.6 Å². The Morgan fingerprint density at radius 3 is 3.08 bits per heavy atom. The van der Waals surface area contributed by atoms with Gasteiger partial charge in [0.1, 0.15) is 0 Å². The van der Waals surface area contributed by atoms with Crippen molar-refractivity contribution in [1.82, 2.24) is 10.6 Å². The van der Waals surface area contributed by atoms with Crippen LogP contribution in [-0.2, 0) is 4.79 Å². The van der Waals surface area contributed by atoms with Crippen molar-refractivity contribution < 1.29 is 4.79 Å². The standard InChI is InChI=1S/C9H18N2OS/c1-7(13-2)5-9(12)11-8-3-4-10-6-8/h7-8,10H,3-6H2,1-2H3,(H,11,12). The minimum atomic E-state index is 0.190. The molecule has 0 aromatic heterocycles. The predicted octanol–water partition coefficient (Wildman–Crippen LogP) is 0.606. The quantitative estimate of drug-likeness (QED) is 0.701. The molecule has 13 heavy (non-hydrogen) atoms. The molecule has 1 heterocycles. The number of hydrogen-bond acceptors (Lipinski definition) is 3. The Bertz CT molecular complexity index is 169. The van der Waals surface area contributed by atoms with Gasteiger partial charge in [-0.1, -0.05) is 6.92 Å². The van der Waals surface area contributed by atoms with Crippen LogP contribution in [0.3, 0.4) is 0 Å². The van der Waals surface area contributed by atoms with E-state index in [-0.39, 0.29) is 5.91 Å². The molecule has 0 saturated carbocycles. The first-order chi connectivity index (χ1) is 6.22. The Morgan fingerprint density at radius 1 is 1.77 bits per heavy atom. The van der Waals surface area contributed by atoms with Gasteiger partial charge in [0.15, 0.2) is 0 Å². The first-order valence-electron chi connectivity index (χ1n) is 4.75. The van der Waals surface area contributed by atoms with Crippen LogP contribution in [0.25, 0.3) is 0 Å². The fourth-order valence-electron chi connectivity index (χ4n) is 1.41. The summed E-state index contributed by atoms with van der Waals surface area (Å²) in [4.78, 5) is 11.4. The van der Waals surface area contributed by atoms with Crippen LogP contribution in [0.5, 0.6) is 0 Å². The summed E-state index contributed by atoms with van der Waals surface area (Å²) in [7, 11) is 0. The zero-order chi connectivity index (χ0) is 9.68. The molecule has 2 atom stereocenters. The maximum atomic E-state index is 11.4. The van der Waals surface area contributed by atoms with Crippen molar-refractivity contribution in [2.45, 2.75) is 31.1 Å². The monoisotopic (exact) mass is 202 g/mol. The zero-order valence-corrected chi connectivity index (χ0v) is 9.12. The van der Waals surface area contributed by atoms with Crippen molar-refractivity contribution in [2.24, 2.45) is 0 Å². The maximum absolute atomic E-state index is 11.4. The normalized spacial score (nSPS) is 24.3. The molecule has 0 aromatic rings. The van der Waals surface area contributed by atoms with Gasteiger partial charge >= 0.3 is 0 Å². The molecule has 1 amide bonds. The summed E-state index contributed by atoms with van der Waals surface area (Å²) >= 11 is 1.73. The molecule has 0 aromatic carbocycles. The van der Waals surface area contributed by atoms with E-state index in [2.05, 4.69) is 17.6 Å². The van der Waals surface area contributed by atoms with Crippen LogP contribution in [0.15, 0.2) is 0 Å². The average molecular weight is 202 g/mol. The highest BCUT2D eigenvalue weighted by Crippen LogP contribution is 2.09. The fraction of sp³-hybridized carbons (Fsp3) is 0.889. The fourth-order valence-corrected chi connectivity index (χ4v) is 1.73. The van der Waals surface area contributed by atoms with Gasteiger partial charge in [-0.15, -0.1) is 0 Å². The Labute approximate surface area is 84.0 Å². The molecule has 1 saturated heterocycles. The van der Waals surface area contributed by atoms with Crippen LogP contribution in [0.2, 0.25) is 0 Å². The molecule has 76 valence electrons. The Hall–Kier alpha value is -0.220. The van der Waals surface area contributed by atoms with E-state index < -0.39 is 0 Å². The topological polar surface area (TPSA) is 41.1 Å². The highest BCUT2D eigenvalue weighted by Gasteiger charge is 2.17. The molecule has 0 spiro atoms. The number of carbonyl (C=O) groups is 1. The van der Waals surface area contributed by atoms with E-state index in [1.165, 1.54) is 0 Å². The number of rotatable bonds is 4. The second-order valence-corrected chi connectivity index (χ2v) is 4.78. The molecule has 1 aliphatic rings. The van der Waals surface area contributed by atoms with Crippen LogP contribution in [0, 0.1) is 0 Å². The van der Waals surface area contributed by atoms with Crippen LogP contribution < -0.4 is 10.6 Å². The summed E-state index contributed by atoms with van der Waals surface area (Å²) in [6.07, 6.45) is 3.74. The molecular formula is C9H18N2OS. The SMILES string of the molecule is CSC(C)CC(=O)NC1CCNC1. The van der Waals surface area contributed by atoms with Crippen molar-refractivity contribution >= 4 is 17.7 Å². The largest absolute Gasteiger partial charge is 0.352 e. The third-order valence-corrected chi connectivity index (χ3v) is 3.27. The summed E-state index contributed by atoms with van der Waals surface area (Å²) in [5.41, 5.74) is 0. The summed E-state index contributed by atoms with van der Waals surface area (Å²) in [5.74, 6) is 0.190. The molecule has 2 N–H and O–H groups in total. The number of thioether (sulfide) groups is 1. The molecule has 1 rings (SSSR count). The highest BCUT2D eigenvalue weighted by molar-refractivity contribution is 7.99. The summed E-state index contributed by atoms with van der Waals surface area (Å²) in [6, 6.07) is 0.363. The molecule has 1 fully saturated rings. The number of carbonyl (C=O) groups excluding carboxylic acids is 1. The van der Waals surface area contributed by atoms with Crippen LogP contribution >= 0.6 is 11.8 Å². The minimum Gasteiger partial charge on any atom is -0.352 e. The minimum absolute atomic E-state index is 0.190. The molecule has 4 heteroatoms. The second kappa shape index (κ2) is 5.50. The van der Waals surface area contributed by atoms with Crippen LogP contribution in [0.1, 0.15) is 19.8 Å². The van der Waals surface area contributed by atoms with Gasteiger partial charge in [0.25, 0.3) is 0 Å². The van der Waals surface area contributed by atoms with Crippen molar-refractivity contribution in [1.29, 1.82) is 0 Å². The van der Waals surface area contributed by atoms with Crippen LogP contribution in [0.4, 0.5) is 0 Å². The molecule has 0 radical (unpaired) electrons. The van der Waals surface area contributed by atoms with Crippen molar-refractivity contribution in [3.63, 3.8) is 0 Å². The Morgan fingerprint density at radius 2 is 2.54 bits per heavy atom. The van der Waals surface area contributed by atoms with E-state index in [4.69, 9.17) is 0 Å². The summed E-state index contributed by atoms with van der Waals surface area (Å²) in [5, 5.41) is 6.68. The van der Waals surface area contributed by atoms with Gasteiger partial charge in [0.05, 0.1) is 0 Å². The van der Waals surface area contributed by atoms with Crippen molar-refractivity contribution in [2.75, 3.05) is 19.3 Å². The van der Waals surface area contributed by atoms with Gasteiger partial charge in [-0.25, -0.2) is 0 Å². The number of hydrogen-bond donors (Lipinski definition) is 2. The first-order valence-corrected chi connectivity index (χ1v) is 6.04. The van der Waals surface area contributed by atoms with E-state index >= 15 is 0 Å². The summed E-state index contributed by atoms with van der Waals surface area (Å²) in [6.45, 7) is 4.04. The molecule has 2 unspecified atom stereocenters. The lowest BCUT2D eigenvalue weighted by molar-refractivity contribution is -0.121. The molecule has 1 aliphatic heterocycles. The molecule has 3 nitrogen and oxygen atoms in total. The third-order valence-electron chi connectivity index (χ3n) is 2.30. The number of nitrogens with one attached hydrogen (secondary N) is 2. The van der Waals surface area contributed by atoms with Crippen molar-refractivity contribution in [3.8, 4) is 0 Å². The average Bonchev–Trinajstić information content (AvgIpc) is 2.56. The molecule has 0 aliphatic carbocycles.